The highest BCUT2D eigenvalue weighted by molar-refractivity contribution is 6.30. The van der Waals surface area contributed by atoms with Crippen LogP contribution >= 0.6 is 11.6 Å². The lowest BCUT2D eigenvalue weighted by Gasteiger charge is -2.04. The molecule has 17 heavy (non-hydrogen) atoms. The van der Waals surface area contributed by atoms with Gasteiger partial charge in [0, 0.05) is 36.9 Å². The van der Waals surface area contributed by atoms with Gasteiger partial charge in [-0.2, -0.15) is 0 Å². The summed E-state index contributed by atoms with van der Waals surface area (Å²) >= 11 is 5.76. The summed E-state index contributed by atoms with van der Waals surface area (Å²) in [7, 11) is 0. The van der Waals surface area contributed by atoms with E-state index in [1.807, 2.05) is 0 Å². The van der Waals surface area contributed by atoms with Crippen molar-refractivity contribution >= 4 is 11.6 Å². The van der Waals surface area contributed by atoms with Crippen molar-refractivity contribution in [3.05, 3.63) is 52.8 Å². The van der Waals surface area contributed by atoms with E-state index in [0.29, 0.717) is 11.6 Å². The van der Waals surface area contributed by atoms with Gasteiger partial charge in [-0.25, -0.2) is 9.37 Å². The number of imidazole rings is 1. The number of rotatable bonds is 5. The molecule has 2 aromatic rings. The van der Waals surface area contributed by atoms with Gasteiger partial charge in [-0.15, -0.1) is 0 Å². The van der Waals surface area contributed by atoms with Crippen molar-refractivity contribution in [3.63, 3.8) is 0 Å². The van der Waals surface area contributed by atoms with Gasteiger partial charge < -0.3 is 10.3 Å². The number of nitrogens with one attached hydrogen (secondary N) is 2. The molecule has 0 amide bonds. The lowest BCUT2D eigenvalue weighted by molar-refractivity contribution is 0.619. The summed E-state index contributed by atoms with van der Waals surface area (Å²) in [5.41, 5.74) is 0.842. The maximum absolute atomic E-state index is 13.0. The highest BCUT2D eigenvalue weighted by Gasteiger charge is 1.99. The first-order valence-corrected chi connectivity index (χ1v) is 5.76. The van der Waals surface area contributed by atoms with E-state index in [1.165, 1.54) is 12.1 Å². The second-order valence-electron chi connectivity index (χ2n) is 3.74. The Labute approximate surface area is 104 Å². The molecule has 0 aliphatic heterocycles. The standard InChI is InChI=1S/C12H13ClFN3/c13-10-5-9(6-11(14)7-10)8-15-2-1-12-16-3-4-17-12/h3-7,15H,1-2,8H2,(H,16,17). The fourth-order valence-corrected chi connectivity index (χ4v) is 1.83. The Bertz CT molecular complexity index is 450. The van der Waals surface area contributed by atoms with Crippen LogP contribution in [0.5, 0.6) is 0 Å². The molecule has 0 unspecified atom stereocenters. The summed E-state index contributed by atoms with van der Waals surface area (Å²) in [4.78, 5) is 7.13. The van der Waals surface area contributed by atoms with Crippen LogP contribution in [-0.4, -0.2) is 16.5 Å². The molecule has 2 N–H and O–H groups in total. The number of halogens is 2. The molecule has 0 saturated heterocycles. The molecule has 0 spiro atoms. The minimum absolute atomic E-state index is 0.305. The summed E-state index contributed by atoms with van der Waals surface area (Å²) in [6.45, 7) is 1.37. The summed E-state index contributed by atoms with van der Waals surface area (Å²) in [6, 6.07) is 4.53. The quantitative estimate of drug-likeness (QED) is 0.804. The van der Waals surface area contributed by atoms with E-state index in [1.54, 1.807) is 18.5 Å². The zero-order chi connectivity index (χ0) is 12.1. The Morgan fingerprint density at radius 1 is 1.35 bits per heavy atom. The average molecular weight is 254 g/mol. The first-order valence-electron chi connectivity index (χ1n) is 5.38. The first-order chi connectivity index (χ1) is 8.24. The van der Waals surface area contributed by atoms with Crippen molar-refractivity contribution in [2.75, 3.05) is 6.54 Å². The molecule has 0 saturated carbocycles. The molecule has 0 atom stereocenters. The molecule has 0 radical (unpaired) electrons. The molecule has 1 aromatic carbocycles. The van der Waals surface area contributed by atoms with Crippen molar-refractivity contribution in [2.24, 2.45) is 0 Å². The second kappa shape index (κ2) is 5.80. The van der Waals surface area contributed by atoms with Crippen LogP contribution in [0.2, 0.25) is 5.02 Å². The van der Waals surface area contributed by atoms with Gasteiger partial charge in [-0.3, -0.25) is 0 Å². The zero-order valence-corrected chi connectivity index (χ0v) is 9.97. The van der Waals surface area contributed by atoms with E-state index in [-0.39, 0.29) is 5.82 Å². The molecule has 2 rings (SSSR count). The van der Waals surface area contributed by atoms with Crippen LogP contribution in [0.4, 0.5) is 4.39 Å². The first kappa shape index (κ1) is 12.1. The third kappa shape index (κ3) is 3.84. The topological polar surface area (TPSA) is 40.7 Å². The number of H-pyrrole nitrogens is 1. The van der Waals surface area contributed by atoms with Gasteiger partial charge in [0.05, 0.1) is 0 Å². The summed E-state index contributed by atoms with van der Waals surface area (Å²) in [5.74, 6) is 0.634. The summed E-state index contributed by atoms with van der Waals surface area (Å²) in [5, 5.41) is 3.63. The van der Waals surface area contributed by atoms with E-state index in [2.05, 4.69) is 15.3 Å². The van der Waals surface area contributed by atoms with E-state index < -0.39 is 0 Å². The lowest BCUT2D eigenvalue weighted by Crippen LogP contribution is -2.17. The van der Waals surface area contributed by atoms with Gasteiger partial charge in [-0.1, -0.05) is 11.6 Å². The Kier molecular flexibility index (Phi) is 4.12. The molecule has 1 aromatic heterocycles. The maximum atomic E-state index is 13.0. The fraction of sp³-hybridized carbons (Fsp3) is 0.250. The average Bonchev–Trinajstić information content (AvgIpc) is 2.76. The number of aromatic nitrogens is 2. The molecule has 0 bridgehead atoms. The fourth-order valence-electron chi connectivity index (χ4n) is 1.59. The van der Waals surface area contributed by atoms with Crippen molar-refractivity contribution in [2.45, 2.75) is 13.0 Å². The number of hydrogen-bond acceptors (Lipinski definition) is 2. The highest BCUT2D eigenvalue weighted by atomic mass is 35.5. The van der Waals surface area contributed by atoms with Gasteiger partial charge in [0.1, 0.15) is 11.6 Å². The number of nitrogens with zero attached hydrogens (tertiary/aromatic N) is 1. The van der Waals surface area contributed by atoms with E-state index in [4.69, 9.17) is 11.6 Å². The third-order valence-corrected chi connectivity index (χ3v) is 2.56. The molecular weight excluding hydrogens is 241 g/mol. The Morgan fingerprint density at radius 3 is 2.94 bits per heavy atom. The van der Waals surface area contributed by atoms with Crippen molar-refractivity contribution in [1.82, 2.24) is 15.3 Å². The smallest absolute Gasteiger partial charge is 0.125 e. The molecule has 0 aliphatic rings. The van der Waals surface area contributed by atoms with Gasteiger partial charge in [0.25, 0.3) is 0 Å². The molecule has 90 valence electrons. The van der Waals surface area contributed by atoms with Crippen LogP contribution in [-0.2, 0) is 13.0 Å². The minimum Gasteiger partial charge on any atom is -0.349 e. The van der Waals surface area contributed by atoms with E-state index >= 15 is 0 Å². The molecule has 1 heterocycles. The zero-order valence-electron chi connectivity index (χ0n) is 9.21. The molecule has 0 fully saturated rings. The highest BCUT2D eigenvalue weighted by Crippen LogP contribution is 2.13. The maximum Gasteiger partial charge on any atom is 0.125 e. The van der Waals surface area contributed by atoms with Crippen molar-refractivity contribution in [1.29, 1.82) is 0 Å². The molecule has 5 heteroatoms. The number of hydrogen-bond donors (Lipinski definition) is 2. The van der Waals surface area contributed by atoms with E-state index in [9.17, 15) is 4.39 Å². The van der Waals surface area contributed by atoms with Gasteiger partial charge in [0.15, 0.2) is 0 Å². The SMILES string of the molecule is Fc1cc(Cl)cc(CNCCc2ncc[nH]2)c1. The monoisotopic (exact) mass is 253 g/mol. The summed E-state index contributed by atoms with van der Waals surface area (Å²) < 4.78 is 13.0. The molecule has 3 nitrogen and oxygen atoms in total. The largest absolute Gasteiger partial charge is 0.349 e. The lowest BCUT2D eigenvalue weighted by atomic mass is 10.2. The van der Waals surface area contributed by atoms with Crippen LogP contribution < -0.4 is 5.32 Å². The Balaban J connectivity index is 1.78. The second-order valence-corrected chi connectivity index (χ2v) is 4.18. The van der Waals surface area contributed by atoms with Crippen molar-refractivity contribution in [3.8, 4) is 0 Å². The van der Waals surface area contributed by atoms with Gasteiger partial charge >= 0.3 is 0 Å². The number of benzene rings is 1. The Morgan fingerprint density at radius 2 is 2.24 bits per heavy atom. The van der Waals surface area contributed by atoms with Crippen LogP contribution in [0.3, 0.4) is 0 Å². The normalized spacial score (nSPS) is 10.7. The molecule has 0 aliphatic carbocycles. The van der Waals surface area contributed by atoms with Gasteiger partial charge in [0.2, 0.25) is 0 Å². The van der Waals surface area contributed by atoms with E-state index in [0.717, 1.165) is 24.4 Å². The van der Waals surface area contributed by atoms with Crippen molar-refractivity contribution < 1.29 is 4.39 Å². The predicted octanol–water partition coefficient (Wildman–Crippen LogP) is 2.53. The number of aromatic amines is 1. The molecular formula is C12H13ClFN3. The third-order valence-electron chi connectivity index (χ3n) is 2.34. The summed E-state index contributed by atoms with van der Waals surface area (Å²) in [6.07, 6.45) is 4.33. The minimum atomic E-state index is -0.305. The van der Waals surface area contributed by atoms with Gasteiger partial charge in [-0.05, 0) is 23.8 Å². The van der Waals surface area contributed by atoms with Crippen LogP contribution in [0.1, 0.15) is 11.4 Å². The van der Waals surface area contributed by atoms with Crippen LogP contribution in [0.15, 0.2) is 30.6 Å². The van der Waals surface area contributed by atoms with Crippen LogP contribution in [0, 0.1) is 5.82 Å². The predicted molar refractivity (Wildman–Crippen MR) is 65.4 cm³/mol. The Hall–Kier alpha value is -1.39. The van der Waals surface area contributed by atoms with Crippen LogP contribution in [0.25, 0.3) is 0 Å².